The molecular formula is C13H10FNO2. The lowest BCUT2D eigenvalue weighted by Crippen LogP contribution is -1.99. The van der Waals surface area contributed by atoms with E-state index in [1.807, 2.05) is 0 Å². The average molecular weight is 231 g/mol. The first-order chi connectivity index (χ1) is 8.08. The average Bonchev–Trinajstić information content (AvgIpc) is 2.28. The summed E-state index contributed by atoms with van der Waals surface area (Å²) in [5.74, 6) is -1.40. The van der Waals surface area contributed by atoms with Gasteiger partial charge in [0.05, 0.1) is 5.56 Å². The molecule has 17 heavy (non-hydrogen) atoms. The van der Waals surface area contributed by atoms with Crippen molar-refractivity contribution < 1.29 is 14.3 Å². The predicted octanol–water partition coefficient (Wildman–Crippen LogP) is 2.77. The highest BCUT2D eigenvalue weighted by Gasteiger charge is 2.08. The molecule has 0 saturated heterocycles. The molecule has 0 aliphatic rings. The zero-order chi connectivity index (χ0) is 12.4. The largest absolute Gasteiger partial charge is 0.478 e. The molecule has 0 aliphatic carbocycles. The van der Waals surface area contributed by atoms with Crippen molar-refractivity contribution in [3.05, 3.63) is 53.8 Å². The quantitative estimate of drug-likeness (QED) is 0.781. The lowest BCUT2D eigenvalue weighted by atomic mass is 10.0. The molecule has 2 aromatic rings. The van der Waals surface area contributed by atoms with Gasteiger partial charge in [0.1, 0.15) is 5.82 Å². The molecule has 0 aromatic heterocycles. The van der Waals surface area contributed by atoms with E-state index in [-0.39, 0.29) is 11.4 Å². The molecule has 0 fully saturated rings. The summed E-state index contributed by atoms with van der Waals surface area (Å²) in [4.78, 5) is 10.7. The van der Waals surface area contributed by atoms with Crippen molar-refractivity contribution in [2.45, 2.75) is 0 Å². The fraction of sp³-hybridized carbons (Fsp3) is 0. The van der Waals surface area contributed by atoms with Crippen molar-refractivity contribution in [1.82, 2.24) is 0 Å². The van der Waals surface area contributed by atoms with Crippen molar-refractivity contribution in [2.24, 2.45) is 0 Å². The van der Waals surface area contributed by atoms with E-state index in [0.29, 0.717) is 16.8 Å². The molecule has 0 bridgehead atoms. The number of halogens is 1. The summed E-state index contributed by atoms with van der Waals surface area (Å²) in [5.41, 5.74) is 7.43. The van der Waals surface area contributed by atoms with Gasteiger partial charge >= 0.3 is 5.97 Å². The van der Waals surface area contributed by atoms with Crippen LogP contribution in [-0.2, 0) is 0 Å². The van der Waals surface area contributed by atoms with E-state index in [4.69, 9.17) is 10.8 Å². The molecule has 0 unspecified atom stereocenters. The van der Waals surface area contributed by atoms with Crippen LogP contribution in [0.4, 0.5) is 10.1 Å². The van der Waals surface area contributed by atoms with Crippen LogP contribution in [0.25, 0.3) is 11.1 Å². The maximum Gasteiger partial charge on any atom is 0.335 e. The molecule has 0 aliphatic heterocycles. The Morgan fingerprint density at radius 2 is 1.94 bits per heavy atom. The van der Waals surface area contributed by atoms with Gasteiger partial charge in [-0.05, 0) is 29.8 Å². The van der Waals surface area contributed by atoms with Gasteiger partial charge in [-0.2, -0.15) is 0 Å². The molecule has 0 amide bonds. The molecule has 0 atom stereocenters. The Bertz CT molecular complexity index is 581. The van der Waals surface area contributed by atoms with Crippen LogP contribution in [0, 0.1) is 5.82 Å². The maximum atomic E-state index is 13.1. The monoisotopic (exact) mass is 231 g/mol. The van der Waals surface area contributed by atoms with Crippen LogP contribution in [0.3, 0.4) is 0 Å². The molecule has 0 heterocycles. The fourth-order valence-corrected chi connectivity index (χ4v) is 1.61. The molecule has 2 rings (SSSR count). The van der Waals surface area contributed by atoms with Gasteiger partial charge in [-0.3, -0.25) is 0 Å². The van der Waals surface area contributed by atoms with E-state index < -0.39 is 5.97 Å². The number of carbonyl (C=O) groups is 1. The second kappa shape index (κ2) is 4.25. The van der Waals surface area contributed by atoms with Crippen molar-refractivity contribution in [3.63, 3.8) is 0 Å². The van der Waals surface area contributed by atoms with Gasteiger partial charge in [0, 0.05) is 11.3 Å². The van der Waals surface area contributed by atoms with Crippen LogP contribution >= 0.6 is 0 Å². The summed E-state index contributed by atoms with van der Waals surface area (Å²) >= 11 is 0. The molecule has 86 valence electrons. The smallest absolute Gasteiger partial charge is 0.335 e. The van der Waals surface area contributed by atoms with Crippen LogP contribution in [0.5, 0.6) is 0 Å². The number of hydrogen-bond donors (Lipinski definition) is 2. The van der Waals surface area contributed by atoms with E-state index >= 15 is 0 Å². The van der Waals surface area contributed by atoms with Crippen LogP contribution in [0.2, 0.25) is 0 Å². The highest BCUT2D eigenvalue weighted by molar-refractivity contribution is 5.91. The summed E-state index contributed by atoms with van der Waals surface area (Å²) < 4.78 is 13.1. The number of carboxylic acids is 1. The van der Waals surface area contributed by atoms with Crippen molar-refractivity contribution in [1.29, 1.82) is 0 Å². The number of nitrogen functional groups attached to an aromatic ring is 1. The van der Waals surface area contributed by atoms with Crippen molar-refractivity contribution >= 4 is 11.7 Å². The number of carboxylic acid groups (broad SMARTS) is 1. The molecule has 3 nitrogen and oxygen atoms in total. The van der Waals surface area contributed by atoms with Crippen LogP contribution < -0.4 is 5.73 Å². The van der Waals surface area contributed by atoms with Crippen LogP contribution in [0.15, 0.2) is 42.5 Å². The second-order valence-corrected chi connectivity index (χ2v) is 3.62. The van der Waals surface area contributed by atoms with E-state index in [2.05, 4.69) is 0 Å². The molecule has 4 heteroatoms. The standard InChI is InChI=1S/C13H10FNO2/c14-10-3-1-2-8(6-10)11-5-4-9(13(16)17)7-12(11)15/h1-7H,15H2,(H,16,17). The van der Waals surface area contributed by atoms with Gasteiger partial charge in [-0.15, -0.1) is 0 Å². The molecular weight excluding hydrogens is 221 g/mol. The van der Waals surface area contributed by atoms with Gasteiger partial charge in [-0.25, -0.2) is 9.18 Å². The molecule has 0 radical (unpaired) electrons. The third kappa shape index (κ3) is 2.25. The van der Waals surface area contributed by atoms with Crippen molar-refractivity contribution in [3.8, 4) is 11.1 Å². The number of nitrogens with two attached hydrogens (primary N) is 1. The van der Waals surface area contributed by atoms with Crippen LogP contribution in [-0.4, -0.2) is 11.1 Å². The summed E-state index contributed by atoms with van der Waals surface area (Å²) in [6.45, 7) is 0. The third-order valence-corrected chi connectivity index (χ3v) is 2.43. The minimum absolute atomic E-state index is 0.114. The number of rotatable bonds is 2. The van der Waals surface area contributed by atoms with E-state index in [1.54, 1.807) is 18.2 Å². The third-order valence-electron chi connectivity index (χ3n) is 2.43. The first-order valence-electron chi connectivity index (χ1n) is 4.96. The first kappa shape index (κ1) is 11.1. The van der Waals surface area contributed by atoms with E-state index in [1.165, 1.54) is 24.3 Å². The first-order valence-corrected chi connectivity index (χ1v) is 4.96. The van der Waals surface area contributed by atoms with E-state index in [9.17, 15) is 9.18 Å². The number of hydrogen-bond acceptors (Lipinski definition) is 2. The maximum absolute atomic E-state index is 13.1. The lowest BCUT2D eigenvalue weighted by Gasteiger charge is -2.06. The Hall–Kier alpha value is -2.36. The highest BCUT2D eigenvalue weighted by Crippen LogP contribution is 2.27. The summed E-state index contributed by atoms with van der Waals surface area (Å²) in [7, 11) is 0. The Labute approximate surface area is 97.3 Å². The number of benzene rings is 2. The topological polar surface area (TPSA) is 63.3 Å². The Morgan fingerprint density at radius 3 is 2.53 bits per heavy atom. The normalized spacial score (nSPS) is 10.2. The van der Waals surface area contributed by atoms with Gasteiger partial charge in [0.2, 0.25) is 0 Å². The van der Waals surface area contributed by atoms with Gasteiger partial charge < -0.3 is 10.8 Å². The fourth-order valence-electron chi connectivity index (χ4n) is 1.61. The molecule has 2 aromatic carbocycles. The number of aromatic carboxylic acids is 1. The zero-order valence-electron chi connectivity index (χ0n) is 8.85. The second-order valence-electron chi connectivity index (χ2n) is 3.62. The van der Waals surface area contributed by atoms with E-state index in [0.717, 1.165) is 0 Å². The summed E-state index contributed by atoms with van der Waals surface area (Å²) in [6, 6.07) is 10.4. The SMILES string of the molecule is Nc1cc(C(=O)O)ccc1-c1cccc(F)c1. The summed E-state index contributed by atoms with van der Waals surface area (Å²) in [5, 5.41) is 8.80. The Morgan fingerprint density at radius 1 is 1.18 bits per heavy atom. The lowest BCUT2D eigenvalue weighted by molar-refractivity contribution is 0.0697. The van der Waals surface area contributed by atoms with Gasteiger partial charge in [0.15, 0.2) is 0 Å². The molecule has 0 saturated carbocycles. The zero-order valence-corrected chi connectivity index (χ0v) is 8.85. The Kier molecular flexibility index (Phi) is 2.78. The van der Waals surface area contributed by atoms with Crippen LogP contribution in [0.1, 0.15) is 10.4 Å². The van der Waals surface area contributed by atoms with Crippen molar-refractivity contribution in [2.75, 3.05) is 5.73 Å². The predicted molar refractivity (Wildman–Crippen MR) is 63.2 cm³/mol. The van der Waals surface area contributed by atoms with Gasteiger partial charge in [0.25, 0.3) is 0 Å². The molecule has 3 N–H and O–H groups in total. The van der Waals surface area contributed by atoms with Gasteiger partial charge in [-0.1, -0.05) is 18.2 Å². The summed E-state index contributed by atoms with van der Waals surface area (Å²) in [6.07, 6.45) is 0. The Balaban J connectivity index is 2.50. The number of anilines is 1. The minimum atomic E-state index is -1.04. The minimum Gasteiger partial charge on any atom is -0.478 e. The molecule has 0 spiro atoms. The highest BCUT2D eigenvalue weighted by atomic mass is 19.1.